The normalized spacial score (nSPS) is 15.2. The molecule has 0 spiro atoms. The molecule has 0 atom stereocenters. The van der Waals surface area contributed by atoms with E-state index in [0.29, 0.717) is 0 Å². The molecule has 0 amide bonds. The predicted octanol–water partition coefficient (Wildman–Crippen LogP) is 3.55. The van der Waals surface area contributed by atoms with Crippen LogP contribution in [0.4, 0.5) is 11.5 Å². The SMILES string of the molecule is Cc1sc2nc(-c3ccccc3N)cn2c1N1CCCC1. The summed E-state index contributed by atoms with van der Waals surface area (Å²) in [6.45, 7) is 4.48. The number of nitrogens with two attached hydrogens (primary N) is 1. The van der Waals surface area contributed by atoms with Crippen LogP contribution in [0, 0.1) is 6.92 Å². The van der Waals surface area contributed by atoms with Gasteiger partial charge in [0.15, 0.2) is 4.96 Å². The Morgan fingerprint density at radius 3 is 2.71 bits per heavy atom. The lowest BCUT2D eigenvalue weighted by molar-refractivity contribution is 0.921. The van der Waals surface area contributed by atoms with Gasteiger partial charge in [-0.1, -0.05) is 29.5 Å². The van der Waals surface area contributed by atoms with Crippen molar-refractivity contribution in [3.05, 3.63) is 35.3 Å². The average Bonchev–Trinajstić information content (AvgIpc) is 3.15. The van der Waals surface area contributed by atoms with Crippen LogP contribution in [0.15, 0.2) is 30.5 Å². The Hall–Kier alpha value is -2.01. The Kier molecular flexibility index (Phi) is 2.89. The minimum Gasteiger partial charge on any atom is -0.398 e. The molecule has 0 aliphatic carbocycles. The van der Waals surface area contributed by atoms with Crippen LogP contribution in [-0.4, -0.2) is 22.5 Å². The van der Waals surface area contributed by atoms with Gasteiger partial charge in [-0.25, -0.2) is 4.98 Å². The van der Waals surface area contributed by atoms with E-state index in [9.17, 15) is 0 Å². The standard InChI is InChI=1S/C16H18N4S/c1-11-15(19-8-4-5-9-19)20-10-14(18-16(20)21-11)12-6-2-3-7-13(12)17/h2-3,6-7,10H,4-5,8-9,17H2,1H3. The zero-order chi connectivity index (χ0) is 14.4. The first kappa shape index (κ1) is 12.7. The van der Waals surface area contributed by atoms with Gasteiger partial charge >= 0.3 is 0 Å². The maximum atomic E-state index is 6.08. The number of aromatic nitrogens is 2. The summed E-state index contributed by atoms with van der Waals surface area (Å²) < 4.78 is 2.23. The summed E-state index contributed by atoms with van der Waals surface area (Å²) in [7, 11) is 0. The Morgan fingerprint density at radius 2 is 1.95 bits per heavy atom. The second kappa shape index (κ2) is 4.77. The number of aryl methyl sites for hydroxylation is 1. The number of rotatable bonds is 2. The van der Waals surface area contributed by atoms with Crippen molar-refractivity contribution in [2.24, 2.45) is 0 Å². The van der Waals surface area contributed by atoms with Crippen LogP contribution in [0.1, 0.15) is 17.7 Å². The van der Waals surface area contributed by atoms with Crippen LogP contribution in [0.3, 0.4) is 0 Å². The van der Waals surface area contributed by atoms with Gasteiger partial charge in [0.2, 0.25) is 0 Å². The molecule has 1 aromatic carbocycles. The van der Waals surface area contributed by atoms with Crippen molar-refractivity contribution in [3.63, 3.8) is 0 Å². The lowest BCUT2D eigenvalue weighted by atomic mass is 10.1. The highest BCUT2D eigenvalue weighted by Crippen LogP contribution is 2.35. The van der Waals surface area contributed by atoms with Crippen LogP contribution in [0.2, 0.25) is 0 Å². The lowest BCUT2D eigenvalue weighted by Gasteiger charge is -2.17. The first-order chi connectivity index (χ1) is 10.2. The van der Waals surface area contributed by atoms with E-state index in [-0.39, 0.29) is 0 Å². The molecule has 0 radical (unpaired) electrons. The molecule has 1 aliphatic heterocycles. The summed E-state index contributed by atoms with van der Waals surface area (Å²) in [5.41, 5.74) is 8.83. The van der Waals surface area contributed by atoms with Crippen molar-refractivity contribution in [1.82, 2.24) is 9.38 Å². The molecule has 5 heteroatoms. The number of fused-ring (bicyclic) bond motifs is 1. The van der Waals surface area contributed by atoms with E-state index >= 15 is 0 Å². The molecular weight excluding hydrogens is 280 g/mol. The van der Waals surface area contributed by atoms with Gasteiger partial charge in [-0.3, -0.25) is 4.40 Å². The molecule has 108 valence electrons. The number of hydrogen-bond donors (Lipinski definition) is 1. The van der Waals surface area contributed by atoms with Gasteiger partial charge in [0.05, 0.1) is 5.69 Å². The number of benzene rings is 1. The Balaban J connectivity index is 1.86. The third kappa shape index (κ3) is 2.00. The van der Waals surface area contributed by atoms with Crippen molar-refractivity contribution in [3.8, 4) is 11.3 Å². The fourth-order valence-electron chi connectivity index (χ4n) is 3.10. The van der Waals surface area contributed by atoms with Crippen molar-refractivity contribution in [2.45, 2.75) is 19.8 Å². The van der Waals surface area contributed by atoms with Gasteiger partial charge in [0.25, 0.3) is 0 Å². The molecule has 3 heterocycles. The molecule has 4 nitrogen and oxygen atoms in total. The molecular formula is C16H18N4S. The summed E-state index contributed by atoms with van der Waals surface area (Å²) in [6, 6.07) is 7.92. The number of anilines is 2. The quantitative estimate of drug-likeness (QED) is 0.736. The van der Waals surface area contributed by atoms with Gasteiger partial charge in [0.1, 0.15) is 5.82 Å². The van der Waals surface area contributed by atoms with E-state index in [1.807, 2.05) is 24.3 Å². The Labute approximate surface area is 127 Å². The molecule has 1 aliphatic rings. The lowest BCUT2D eigenvalue weighted by Crippen LogP contribution is -2.19. The van der Waals surface area contributed by atoms with Crippen molar-refractivity contribution < 1.29 is 0 Å². The number of nitrogens with zero attached hydrogens (tertiary/aromatic N) is 3. The topological polar surface area (TPSA) is 46.6 Å². The van der Waals surface area contributed by atoms with Crippen LogP contribution in [0.25, 0.3) is 16.2 Å². The molecule has 2 N–H and O–H groups in total. The maximum Gasteiger partial charge on any atom is 0.196 e. The second-order valence-corrected chi connectivity index (χ2v) is 6.72. The Bertz CT molecular complexity index is 796. The smallest absolute Gasteiger partial charge is 0.196 e. The number of hydrogen-bond acceptors (Lipinski definition) is 4. The van der Waals surface area contributed by atoms with E-state index in [2.05, 4.69) is 22.4 Å². The summed E-state index contributed by atoms with van der Waals surface area (Å²) in [6.07, 6.45) is 4.69. The number of para-hydroxylation sites is 1. The first-order valence-corrected chi connectivity index (χ1v) is 8.14. The van der Waals surface area contributed by atoms with Gasteiger partial charge in [0, 0.05) is 35.4 Å². The predicted molar refractivity (Wildman–Crippen MR) is 89.1 cm³/mol. The van der Waals surface area contributed by atoms with E-state index in [0.717, 1.165) is 35.0 Å². The molecule has 0 bridgehead atoms. The average molecular weight is 298 g/mol. The van der Waals surface area contributed by atoms with Crippen LogP contribution < -0.4 is 10.6 Å². The molecule has 0 saturated carbocycles. The molecule has 3 aromatic rings. The van der Waals surface area contributed by atoms with Crippen molar-refractivity contribution in [2.75, 3.05) is 23.7 Å². The van der Waals surface area contributed by atoms with Crippen LogP contribution in [0.5, 0.6) is 0 Å². The summed E-state index contributed by atoms with van der Waals surface area (Å²) >= 11 is 1.76. The van der Waals surface area contributed by atoms with E-state index in [4.69, 9.17) is 10.7 Å². The molecule has 1 fully saturated rings. The molecule has 2 aromatic heterocycles. The molecule has 1 saturated heterocycles. The zero-order valence-corrected chi connectivity index (χ0v) is 12.9. The van der Waals surface area contributed by atoms with E-state index in [1.165, 1.54) is 23.5 Å². The Morgan fingerprint density at radius 1 is 1.19 bits per heavy atom. The van der Waals surface area contributed by atoms with Crippen molar-refractivity contribution >= 4 is 27.8 Å². The second-order valence-electron chi connectivity index (χ2n) is 5.54. The largest absolute Gasteiger partial charge is 0.398 e. The third-order valence-electron chi connectivity index (χ3n) is 4.10. The van der Waals surface area contributed by atoms with Crippen LogP contribution in [-0.2, 0) is 0 Å². The van der Waals surface area contributed by atoms with E-state index < -0.39 is 0 Å². The van der Waals surface area contributed by atoms with Gasteiger partial charge in [-0.15, -0.1) is 0 Å². The maximum absolute atomic E-state index is 6.08. The number of imidazole rings is 1. The fourth-order valence-corrected chi connectivity index (χ4v) is 4.08. The van der Waals surface area contributed by atoms with Gasteiger partial charge in [-0.2, -0.15) is 0 Å². The minimum absolute atomic E-state index is 0.780. The van der Waals surface area contributed by atoms with Crippen molar-refractivity contribution in [1.29, 1.82) is 0 Å². The van der Waals surface area contributed by atoms with Crippen LogP contribution >= 0.6 is 11.3 Å². The molecule has 4 rings (SSSR count). The minimum atomic E-state index is 0.780. The molecule has 0 unspecified atom stereocenters. The number of nitrogen functional groups attached to an aromatic ring is 1. The highest BCUT2D eigenvalue weighted by atomic mass is 32.1. The highest BCUT2D eigenvalue weighted by molar-refractivity contribution is 7.17. The highest BCUT2D eigenvalue weighted by Gasteiger charge is 2.21. The van der Waals surface area contributed by atoms with E-state index in [1.54, 1.807) is 11.3 Å². The number of thiazole rings is 1. The zero-order valence-electron chi connectivity index (χ0n) is 12.0. The monoisotopic (exact) mass is 298 g/mol. The summed E-state index contributed by atoms with van der Waals surface area (Å²) in [5.74, 6) is 1.31. The summed E-state index contributed by atoms with van der Waals surface area (Å²) in [4.78, 5) is 9.63. The summed E-state index contributed by atoms with van der Waals surface area (Å²) in [5, 5.41) is 0. The third-order valence-corrected chi connectivity index (χ3v) is 5.06. The first-order valence-electron chi connectivity index (χ1n) is 7.32. The van der Waals surface area contributed by atoms with Gasteiger partial charge < -0.3 is 10.6 Å². The fraction of sp³-hybridized carbons (Fsp3) is 0.312. The molecule has 21 heavy (non-hydrogen) atoms. The van der Waals surface area contributed by atoms with Gasteiger partial charge in [-0.05, 0) is 25.8 Å².